The Labute approximate surface area is 103 Å². The van der Waals surface area contributed by atoms with Crippen molar-refractivity contribution in [3.63, 3.8) is 0 Å². The third-order valence-electron chi connectivity index (χ3n) is 3.31. The molecular weight excluding hydrogens is 206 g/mol. The molecular formula is C16H17N. The molecule has 1 aromatic heterocycles. The minimum atomic E-state index is 1.20. The number of rotatable bonds is 2. The van der Waals surface area contributed by atoms with E-state index in [0.717, 1.165) is 0 Å². The van der Waals surface area contributed by atoms with Crippen LogP contribution in [0.5, 0.6) is 0 Å². The predicted octanol–water partition coefficient (Wildman–Crippen LogP) is 4.53. The molecule has 0 atom stereocenters. The molecule has 0 N–H and O–H groups in total. The van der Waals surface area contributed by atoms with Crippen molar-refractivity contribution in [2.24, 2.45) is 0 Å². The Bertz CT molecular complexity index is 606. The van der Waals surface area contributed by atoms with Crippen LogP contribution in [0.3, 0.4) is 0 Å². The second-order valence-corrected chi connectivity index (χ2v) is 4.20. The van der Waals surface area contributed by atoms with Gasteiger partial charge in [0.15, 0.2) is 0 Å². The lowest BCUT2D eigenvalue weighted by atomic mass is 9.91. The Hall–Kier alpha value is -1.89. The van der Waals surface area contributed by atoms with Gasteiger partial charge in [0.25, 0.3) is 0 Å². The first-order valence-electron chi connectivity index (χ1n) is 5.82. The zero-order chi connectivity index (χ0) is 12.4. The fraction of sp³-hybridized carbons (Fsp3) is 0.188. The predicted molar refractivity (Wildman–Crippen MR) is 76.0 cm³/mol. The van der Waals surface area contributed by atoms with Gasteiger partial charge in [-0.3, -0.25) is 4.98 Å². The zero-order valence-corrected chi connectivity index (χ0v) is 10.6. The van der Waals surface area contributed by atoms with Crippen molar-refractivity contribution in [3.8, 4) is 0 Å². The summed E-state index contributed by atoms with van der Waals surface area (Å²) in [7, 11) is 0. The van der Waals surface area contributed by atoms with Gasteiger partial charge in [-0.2, -0.15) is 0 Å². The number of hydrogen-bond donors (Lipinski definition) is 0. The van der Waals surface area contributed by atoms with Crippen LogP contribution in [0, 0.1) is 13.8 Å². The molecule has 0 fully saturated rings. The molecule has 1 nitrogen and oxygen atoms in total. The molecule has 2 rings (SSSR count). The summed E-state index contributed by atoms with van der Waals surface area (Å²) in [4.78, 5) is 4.23. The number of aromatic nitrogens is 1. The van der Waals surface area contributed by atoms with Crippen molar-refractivity contribution >= 4 is 22.9 Å². The van der Waals surface area contributed by atoms with E-state index >= 15 is 0 Å². The van der Waals surface area contributed by atoms with E-state index in [4.69, 9.17) is 0 Å². The molecule has 0 aliphatic carbocycles. The van der Waals surface area contributed by atoms with Crippen molar-refractivity contribution in [3.05, 3.63) is 53.4 Å². The number of pyridine rings is 1. The quantitative estimate of drug-likeness (QED) is 0.729. The lowest BCUT2D eigenvalue weighted by Crippen LogP contribution is -1.94. The molecule has 0 amide bonds. The maximum absolute atomic E-state index is 4.23. The molecule has 0 aliphatic heterocycles. The van der Waals surface area contributed by atoms with E-state index in [9.17, 15) is 0 Å². The maximum atomic E-state index is 4.23. The van der Waals surface area contributed by atoms with Gasteiger partial charge >= 0.3 is 0 Å². The summed E-state index contributed by atoms with van der Waals surface area (Å²) in [5, 5.41) is 2.47. The first kappa shape index (κ1) is 11.6. The third-order valence-corrected chi connectivity index (χ3v) is 3.31. The summed E-state index contributed by atoms with van der Waals surface area (Å²) < 4.78 is 0. The second kappa shape index (κ2) is 4.54. The zero-order valence-electron chi connectivity index (χ0n) is 10.6. The van der Waals surface area contributed by atoms with Crippen LogP contribution >= 0.6 is 0 Å². The molecule has 17 heavy (non-hydrogen) atoms. The first-order chi connectivity index (χ1) is 8.20. The Kier molecular flexibility index (Phi) is 3.10. The number of hydrogen-bond acceptors (Lipinski definition) is 1. The molecule has 1 heteroatoms. The maximum Gasteiger partial charge on any atom is 0.0352 e. The van der Waals surface area contributed by atoms with Crippen LogP contribution in [-0.4, -0.2) is 4.98 Å². The molecule has 1 heterocycles. The second-order valence-electron chi connectivity index (χ2n) is 4.20. The van der Waals surface area contributed by atoms with Gasteiger partial charge in [0.05, 0.1) is 0 Å². The van der Waals surface area contributed by atoms with Crippen LogP contribution < -0.4 is 0 Å². The van der Waals surface area contributed by atoms with Gasteiger partial charge in [0.1, 0.15) is 0 Å². The van der Waals surface area contributed by atoms with Crippen molar-refractivity contribution in [2.45, 2.75) is 20.8 Å². The van der Waals surface area contributed by atoms with E-state index < -0.39 is 0 Å². The first-order valence-corrected chi connectivity index (χ1v) is 5.82. The summed E-state index contributed by atoms with van der Waals surface area (Å²) in [5.74, 6) is 0. The Balaban J connectivity index is 3.01. The Morgan fingerprint density at radius 3 is 2.53 bits per heavy atom. The summed E-state index contributed by atoms with van der Waals surface area (Å²) in [6.45, 7) is 10.3. The lowest BCUT2D eigenvalue weighted by molar-refractivity contribution is 1.32. The highest BCUT2D eigenvalue weighted by atomic mass is 14.6. The van der Waals surface area contributed by atoms with Crippen LogP contribution in [0.15, 0.2) is 31.1 Å². The van der Waals surface area contributed by atoms with Crippen LogP contribution in [0.2, 0.25) is 0 Å². The van der Waals surface area contributed by atoms with Crippen LogP contribution in [-0.2, 0) is 0 Å². The summed E-state index contributed by atoms with van der Waals surface area (Å²) in [6.07, 6.45) is 9.91. The molecule has 0 saturated heterocycles. The van der Waals surface area contributed by atoms with E-state index in [1.165, 1.54) is 33.0 Å². The minimum absolute atomic E-state index is 1.20. The number of aryl methyl sites for hydroxylation is 1. The smallest absolute Gasteiger partial charge is 0.0352 e. The highest BCUT2D eigenvalue weighted by molar-refractivity contribution is 5.96. The monoisotopic (exact) mass is 223 g/mol. The molecule has 2 aromatic rings. The molecule has 0 bridgehead atoms. The SMILES string of the molecule is C=Cc1c(C)c(C)c2ccncc2c1/C=C\C. The van der Waals surface area contributed by atoms with E-state index in [2.05, 4.69) is 43.6 Å². The molecule has 0 unspecified atom stereocenters. The van der Waals surface area contributed by atoms with Crippen molar-refractivity contribution in [1.29, 1.82) is 0 Å². The van der Waals surface area contributed by atoms with Gasteiger partial charge in [-0.15, -0.1) is 0 Å². The Morgan fingerprint density at radius 1 is 1.12 bits per heavy atom. The third kappa shape index (κ3) is 1.78. The average Bonchev–Trinajstić information content (AvgIpc) is 2.36. The van der Waals surface area contributed by atoms with Crippen molar-refractivity contribution in [2.75, 3.05) is 0 Å². The summed E-state index contributed by atoms with van der Waals surface area (Å²) in [6, 6.07) is 2.08. The van der Waals surface area contributed by atoms with Crippen LogP contribution in [0.1, 0.15) is 29.2 Å². The molecule has 0 aliphatic rings. The minimum Gasteiger partial charge on any atom is -0.264 e. The van der Waals surface area contributed by atoms with Gasteiger partial charge in [-0.05, 0) is 54.5 Å². The largest absolute Gasteiger partial charge is 0.264 e. The van der Waals surface area contributed by atoms with Crippen LogP contribution in [0.25, 0.3) is 22.9 Å². The van der Waals surface area contributed by atoms with Gasteiger partial charge < -0.3 is 0 Å². The van der Waals surface area contributed by atoms with Gasteiger partial charge in [0.2, 0.25) is 0 Å². The fourth-order valence-electron chi connectivity index (χ4n) is 2.30. The fourth-order valence-corrected chi connectivity index (χ4v) is 2.30. The van der Waals surface area contributed by atoms with E-state index in [0.29, 0.717) is 0 Å². The van der Waals surface area contributed by atoms with Crippen LogP contribution in [0.4, 0.5) is 0 Å². The van der Waals surface area contributed by atoms with Gasteiger partial charge in [0, 0.05) is 17.8 Å². The molecule has 1 aromatic carbocycles. The summed E-state index contributed by atoms with van der Waals surface area (Å²) >= 11 is 0. The highest BCUT2D eigenvalue weighted by Crippen LogP contribution is 2.30. The molecule has 0 radical (unpaired) electrons. The van der Waals surface area contributed by atoms with Gasteiger partial charge in [-0.25, -0.2) is 0 Å². The average molecular weight is 223 g/mol. The van der Waals surface area contributed by atoms with E-state index in [1.807, 2.05) is 25.4 Å². The number of nitrogens with zero attached hydrogens (tertiary/aromatic N) is 1. The number of benzene rings is 1. The highest BCUT2D eigenvalue weighted by Gasteiger charge is 2.10. The van der Waals surface area contributed by atoms with Gasteiger partial charge in [-0.1, -0.05) is 24.8 Å². The van der Waals surface area contributed by atoms with E-state index in [-0.39, 0.29) is 0 Å². The normalized spacial score (nSPS) is 11.2. The number of fused-ring (bicyclic) bond motifs is 1. The van der Waals surface area contributed by atoms with E-state index in [1.54, 1.807) is 0 Å². The van der Waals surface area contributed by atoms with Crippen molar-refractivity contribution in [1.82, 2.24) is 4.98 Å². The molecule has 0 spiro atoms. The molecule has 86 valence electrons. The standard InChI is InChI=1S/C16H17N/c1-5-7-15-13(6-2)11(3)12(4)14-8-9-17-10-16(14)15/h5-10H,2H2,1,3-4H3/b7-5-. The van der Waals surface area contributed by atoms with Crippen molar-refractivity contribution < 1.29 is 0 Å². The summed E-state index contributed by atoms with van der Waals surface area (Å²) in [5.41, 5.74) is 5.03. The molecule has 0 saturated carbocycles. The lowest BCUT2D eigenvalue weighted by Gasteiger charge is -2.14. The topological polar surface area (TPSA) is 12.9 Å². The number of allylic oxidation sites excluding steroid dienone is 1. The Morgan fingerprint density at radius 2 is 1.88 bits per heavy atom.